The Kier molecular flexibility index (Phi) is 9.46. The van der Waals surface area contributed by atoms with E-state index in [1.807, 2.05) is 25.4 Å². The molecule has 10 aromatic rings. The highest BCUT2D eigenvalue weighted by molar-refractivity contribution is 6.24. The molecule has 0 aliphatic heterocycles. The van der Waals surface area contributed by atoms with Crippen molar-refractivity contribution in [2.24, 2.45) is 9.98 Å². The largest absolute Gasteiger partial charge is 0.264 e. The molecule has 1 aromatic heterocycles. The van der Waals surface area contributed by atoms with Crippen LogP contribution in [0.1, 0.15) is 23.6 Å². The van der Waals surface area contributed by atoms with Crippen molar-refractivity contribution in [2.75, 3.05) is 0 Å². The predicted octanol–water partition coefficient (Wildman–Crippen LogP) is 14.6. The van der Waals surface area contributed by atoms with E-state index >= 15 is 0 Å². The van der Waals surface area contributed by atoms with E-state index < -0.39 is 0 Å². The molecule has 0 aliphatic rings. The van der Waals surface area contributed by atoms with E-state index in [0.29, 0.717) is 5.84 Å². The smallest absolute Gasteiger partial charge is 0.159 e. The highest BCUT2D eigenvalue weighted by Gasteiger charge is 2.19. The Morgan fingerprint density at radius 2 is 1.05 bits per heavy atom. The molecule has 0 bridgehead atoms. The number of rotatable bonds is 7. The second-order valence-electron chi connectivity index (χ2n) is 14.7. The number of aliphatic imine (C=N–C) groups is 2. The van der Waals surface area contributed by atoms with E-state index in [4.69, 9.17) is 9.98 Å². The number of fused-ring (bicyclic) bond motifs is 4. The van der Waals surface area contributed by atoms with E-state index in [9.17, 15) is 0 Å². The van der Waals surface area contributed by atoms with Crippen LogP contribution < -0.4 is 0 Å². The van der Waals surface area contributed by atoms with Crippen molar-refractivity contribution >= 4 is 60.8 Å². The van der Waals surface area contributed by atoms with Gasteiger partial charge in [-0.1, -0.05) is 188 Å². The zero-order valence-corrected chi connectivity index (χ0v) is 32.6. The van der Waals surface area contributed by atoms with Crippen molar-refractivity contribution in [1.82, 2.24) is 4.98 Å². The van der Waals surface area contributed by atoms with Gasteiger partial charge < -0.3 is 0 Å². The predicted molar refractivity (Wildman–Crippen MR) is 251 cm³/mol. The fourth-order valence-corrected chi connectivity index (χ4v) is 8.43. The van der Waals surface area contributed by atoms with Gasteiger partial charge in [0.1, 0.15) is 0 Å². The van der Waals surface area contributed by atoms with Gasteiger partial charge in [0.05, 0.1) is 5.70 Å². The molecule has 0 radical (unpaired) electrons. The summed E-state index contributed by atoms with van der Waals surface area (Å²) < 4.78 is 0. The van der Waals surface area contributed by atoms with Crippen molar-refractivity contribution in [2.45, 2.75) is 6.92 Å². The first kappa shape index (κ1) is 35.6. The summed E-state index contributed by atoms with van der Waals surface area (Å²) in [4.78, 5) is 14.9. The molecule has 59 heavy (non-hydrogen) atoms. The molecular weight excluding hydrogens is 715 g/mol. The third-order valence-electron chi connectivity index (χ3n) is 11.2. The molecule has 0 atom stereocenters. The molecule has 0 fully saturated rings. The van der Waals surface area contributed by atoms with Crippen LogP contribution in [0.5, 0.6) is 0 Å². The zero-order valence-electron chi connectivity index (χ0n) is 32.6. The molecule has 0 aliphatic carbocycles. The summed E-state index contributed by atoms with van der Waals surface area (Å²) in [6.45, 7) is 2.05. The molecule has 3 nitrogen and oxygen atoms in total. The molecular formula is C56H39N3. The number of aromatic nitrogens is 1. The van der Waals surface area contributed by atoms with Gasteiger partial charge in [-0.3, -0.25) is 4.98 Å². The second-order valence-corrected chi connectivity index (χ2v) is 14.7. The number of hydrogen-bond donors (Lipinski definition) is 0. The van der Waals surface area contributed by atoms with Crippen LogP contribution >= 0.6 is 0 Å². The molecule has 0 saturated carbocycles. The third kappa shape index (κ3) is 6.79. The van der Waals surface area contributed by atoms with Crippen LogP contribution in [0, 0.1) is 0 Å². The normalized spacial score (nSPS) is 12.3. The average molecular weight is 754 g/mol. The molecule has 3 heteroatoms. The number of pyridine rings is 1. The zero-order chi connectivity index (χ0) is 39.5. The van der Waals surface area contributed by atoms with Crippen LogP contribution in [0.15, 0.2) is 223 Å². The van der Waals surface area contributed by atoms with Crippen molar-refractivity contribution < 1.29 is 0 Å². The van der Waals surface area contributed by atoms with E-state index in [-0.39, 0.29) is 0 Å². The Morgan fingerprint density at radius 3 is 1.73 bits per heavy atom. The third-order valence-corrected chi connectivity index (χ3v) is 11.2. The van der Waals surface area contributed by atoms with Crippen LogP contribution in [0.2, 0.25) is 0 Å². The minimum Gasteiger partial charge on any atom is -0.264 e. The topological polar surface area (TPSA) is 37.6 Å². The molecule has 0 N–H and O–H groups in total. The first-order chi connectivity index (χ1) is 29.2. The van der Waals surface area contributed by atoms with E-state index in [1.54, 1.807) is 6.20 Å². The molecule has 1 heterocycles. The van der Waals surface area contributed by atoms with Crippen molar-refractivity contribution in [3.05, 3.63) is 229 Å². The Bertz CT molecular complexity index is 3200. The van der Waals surface area contributed by atoms with Gasteiger partial charge in [-0.25, -0.2) is 9.98 Å². The molecule has 0 spiro atoms. The number of nitrogens with zero attached hydrogens (tertiary/aromatic N) is 3. The van der Waals surface area contributed by atoms with Gasteiger partial charge in [0.25, 0.3) is 0 Å². The van der Waals surface area contributed by atoms with E-state index in [0.717, 1.165) is 44.5 Å². The molecule has 278 valence electrons. The highest BCUT2D eigenvalue weighted by Crippen LogP contribution is 2.45. The standard InChI is InChI=1S/C56H39N3/c1-2-53(47-28-12-17-40-15-3-5-22-45(40)47)59-56(58-36-38-30-32-39(33-31-38)44-21-14-34-57-37-44)43-20-11-19-42(35-43)54-49-24-7-9-26-51(49)55(52-27-10-8-25-50(52)54)48-29-13-18-41-16-4-6-23-46(41)48/h2-37H,1H3/b53-2-,58-36?,59-56?. The number of benzene rings is 9. The fourth-order valence-electron chi connectivity index (χ4n) is 8.43. The molecule has 10 rings (SSSR count). The summed E-state index contributed by atoms with van der Waals surface area (Å²) in [7, 11) is 0. The van der Waals surface area contributed by atoms with Crippen LogP contribution in [0.4, 0.5) is 0 Å². The Labute approximate surface area is 344 Å². The highest BCUT2D eigenvalue weighted by atomic mass is 14.9. The fraction of sp³-hybridized carbons (Fsp3) is 0.0179. The van der Waals surface area contributed by atoms with Crippen molar-refractivity contribution in [1.29, 1.82) is 0 Å². The van der Waals surface area contributed by atoms with Crippen LogP contribution in [0.25, 0.3) is 82.2 Å². The summed E-state index contributed by atoms with van der Waals surface area (Å²) in [5.74, 6) is 0.630. The van der Waals surface area contributed by atoms with Crippen molar-refractivity contribution in [3.63, 3.8) is 0 Å². The Morgan fingerprint density at radius 1 is 0.475 bits per heavy atom. The van der Waals surface area contributed by atoms with Gasteiger partial charge in [0, 0.05) is 29.7 Å². The summed E-state index contributed by atoms with van der Waals surface area (Å²) in [6, 6.07) is 69.0. The van der Waals surface area contributed by atoms with E-state index in [1.165, 1.54) is 54.4 Å². The Balaban J connectivity index is 1.15. The minimum atomic E-state index is 0.630. The summed E-state index contributed by atoms with van der Waals surface area (Å²) in [6.07, 6.45) is 7.68. The summed E-state index contributed by atoms with van der Waals surface area (Å²) in [5, 5.41) is 9.64. The van der Waals surface area contributed by atoms with Crippen molar-refractivity contribution in [3.8, 4) is 33.4 Å². The van der Waals surface area contributed by atoms with Gasteiger partial charge in [-0.2, -0.15) is 0 Å². The van der Waals surface area contributed by atoms with Gasteiger partial charge >= 0.3 is 0 Å². The lowest BCUT2D eigenvalue weighted by atomic mass is 9.84. The van der Waals surface area contributed by atoms with Gasteiger partial charge in [-0.15, -0.1) is 0 Å². The molecule has 0 unspecified atom stereocenters. The second kappa shape index (κ2) is 15.7. The number of amidine groups is 1. The monoisotopic (exact) mass is 753 g/mol. The van der Waals surface area contributed by atoms with Crippen LogP contribution in [-0.2, 0) is 0 Å². The van der Waals surface area contributed by atoms with Gasteiger partial charge in [-0.05, 0) is 101 Å². The van der Waals surface area contributed by atoms with Gasteiger partial charge in [0.15, 0.2) is 5.84 Å². The minimum absolute atomic E-state index is 0.630. The molecule has 9 aromatic carbocycles. The summed E-state index contributed by atoms with van der Waals surface area (Å²) in [5.41, 5.74) is 10.8. The molecule has 0 saturated heterocycles. The van der Waals surface area contributed by atoms with Crippen LogP contribution in [0.3, 0.4) is 0 Å². The maximum Gasteiger partial charge on any atom is 0.159 e. The Hall–Kier alpha value is -7.75. The first-order valence-corrected chi connectivity index (χ1v) is 20.0. The SMILES string of the molecule is C/C=C(\N=C(N=Cc1ccc(-c2cccnc2)cc1)c1cccc(-c2c3ccccc3c(-c3cccc4ccccc34)c3ccccc23)c1)c1cccc2ccccc12. The maximum absolute atomic E-state index is 5.38. The van der Waals surface area contributed by atoms with Crippen LogP contribution in [-0.4, -0.2) is 17.0 Å². The van der Waals surface area contributed by atoms with Gasteiger partial charge in [0.2, 0.25) is 0 Å². The first-order valence-electron chi connectivity index (χ1n) is 20.0. The number of allylic oxidation sites excluding steroid dienone is 1. The lowest BCUT2D eigenvalue weighted by Crippen LogP contribution is -2.01. The van der Waals surface area contributed by atoms with E-state index in [2.05, 4.69) is 199 Å². The average Bonchev–Trinajstić information content (AvgIpc) is 3.31. The lowest BCUT2D eigenvalue weighted by molar-refractivity contribution is 1.33. The molecule has 0 amide bonds. The maximum atomic E-state index is 5.38. The quantitative estimate of drug-likeness (QED) is 0.0907. The summed E-state index contributed by atoms with van der Waals surface area (Å²) >= 11 is 0. The number of hydrogen-bond acceptors (Lipinski definition) is 2. The lowest BCUT2D eigenvalue weighted by Gasteiger charge is -2.19.